The van der Waals surface area contributed by atoms with Crippen molar-refractivity contribution in [3.8, 4) is 0 Å². The second kappa shape index (κ2) is 7.69. The van der Waals surface area contributed by atoms with Gasteiger partial charge in [-0.2, -0.15) is 0 Å². The molecule has 32 heavy (non-hydrogen) atoms. The third-order valence-electron chi connectivity index (χ3n) is 6.44. The second-order valence-electron chi connectivity index (χ2n) is 8.03. The summed E-state index contributed by atoms with van der Waals surface area (Å²) >= 11 is 0. The zero-order chi connectivity index (χ0) is 22.3. The number of benzene rings is 3. The number of nitrogens with zero attached hydrogens (tertiary/aromatic N) is 3. The summed E-state index contributed by atoms with van der Waals surface area (Å²) in [6.45, 7) is 2.22. The molecule has 1 fully saturated rings. The molecular formula is C25H21N3O4. The van der Waals surface area contributed by atoms with Gasteiger partial charge in [0.05, 0.1) is 4.92 Å². The van der Waals surface area contributed by atoms with E-state index in [1.165, 1.54) is 12.1 Å². The van der Waals surface area contributed by atoms with Gasteiger partial charge in [0.2, 0.25) is 0 Å². The Bertz CT molecular complexity index is 1160. The van der Waals surface area contributed by atoms with E-state index in [2.05, 4.69) is 4.90 Å². The molecule has 3 aromatic rings. The molecular weight excluding hydrogens is 406 g/mol. The van der Waals surface area contributed by atoms with Crippen molar-refractivity contribution >= 4 is 22.9 Å². The number of Topliss-reactive ketones (excluding diaryl/α,β-unsaturated/α-hetero) is 2. The fourth-order valence-electron chi connectivity index (χ4n) is 4.87. The molecule has 7 heteroatoms. The number of nitro groups is 1. The number of hydrogen-bond acceptors (Lipinski definition) is 6. The van der Waals surface area contributed by atoms with Crippen molar-refractivity contribution in [1.82, 2.24) is 4.90 Å². The first-order valence-corrected chi connectivity index (χ1v) is 10.5. The average molecular weight is 427 g/mol. The molecule has 5 rings (SSSR count). The highest BCUT2D eigenvalue weighted by Gasteiger charge is 2.58. The largest absolute Gasteiger partial charge is 0.369 e. The molecule has 3 aromatic carbocycles. The molecule has 0 bridgehead atoms. The van der Waals surface area contributed by atoms with Gasteiger partial charge in [0.1, 0.15) is 0 Å². The number of fused-ring (bicyclic) bond motifs is 1. The van der Waals surface area contributed by atoms with Crippen LogP contribution in [0.5, 0.6) is 0 Å². The first kappa shape index (κ1) is 20.1. The number of ketones is 2. The maximum Gasteiger partial charge on any atom is 0.269 e. The van der Waals surface area contributed by atoms with Crippen LogP contribution in [0, 0.1) is 10.1 Å². The predicted octanol–water partition coefficient (Wildman–Crippen LogP) is 3.69. The number of piperazine rings is 1. The third-order valence-corrected chi connectivity index (χ3v) is 6.44. The Kier molecular flexibility index (Phi) is 4.83. The van der Waals surface area contributed by atoms with Crippen molar-refractivity contribution in [3.05, 3.63) is 106 Å². The SMILES string of the molecule is O=C1c2ccccc2C(=O)C1(c1ccccc1)N1CCN(c2ccc([N+](=O)[O-])cc2)CC1. The van der Waals surface area contributed by atoms with E-state index in [9.17, 15) is 19.7 Å². The molecule has 0 N–H and O–H groups in total. The van der Waals surface area contributed by atoms with Gasteiger partial charge in [0.25, 0.3) is 5.69 Å². The first-order valence-electron chi connectivity index (χ1n) is 10.5. The maximum absolute atomic E-state index is 13.7. The van der Waals surface area contributed by atoms with E-state index in [1.54, 1.807) is 36.4 Å². The molecule has 0 saturated carbocycles. The van der Waals surface area contributed by atoms with Crippen LogP contribution in [0.3, 0.4) is 0 Å². The topological polar surface area (TPSA) is 83.8 Å². The lowest BCUT2D eigenvalue weighted by atomic mass is 9.82. The van der Waals surface area contributed by atoms with Gasteiger partial charge in [0.15, 0.2) is 17.1 Å². The van der Waals surface area contributed by atoms with Crippen molar-refractivity contribution in [2.45, 2.75) is 5.54 Å². The van der Waals surface area contributed by atoms with Crippen molar-refractivity contribution < 1.29 is 14.5 Å². The maximum atomic E-state index is 13.7. The zero-order valence-corrected chi connectivity index (χ0v) is 17.3. The zero-order valence-electron chi connectivity index (χ0n) is 17.3. The number of carbonyl (C=O) groups is 2. The summed E-state index contributed by atoms with van der Waals surface area (Å²) in [6, 6.07) is 22.8. The van der Waals surface area contributed by atoms with E-state index < -0.39 is 10.5 Å². The number of hydrogen-bond donors (Lipinski definition) is 0. The molecule has 160 valence electrons. The molecule has 1 saturated heterocycles. The van der Waals surface area contributed by atoms with Gasteiger partial charge in [-0.1, -0.05) is 54.6 Å². The average Bonchev–Trinajstić information content (AvgIpc) is 3.07. The first-order chi connectivity index (χ1) is 15.5. The molecule has 1 heterocycles. The van der Waals surface area contributed by atoms with Crippen LogP contribution < -0.4 is 4.90 Å². The van der Waals surface area contributed by atoms with Crippen LogP contribution in [0.2, 0.25) is 0 Å². The lowest BCUT2D eigenvalue weighted by molar-refractivity contribution is -0.384. The Labute approximate surface area is 185 Å². The minimum atomic E-state index is -1.35. The highest BCUT2D eigenvalue weighted by molar-refractivity contribution is 6.32. The number of non-ortho nitro benzene ring substituents is 1. The smallest absolute Gasteiger partial charge is 0.269 e. The van der Waals surface area contributed by atoms with Crippen LogP contribution in [0.4, 0.5) is 11.4 Å². The Morgan fingerprint density at radius 3 is 1.78 bits per heavy atom. The molecule has 0 radical (unpaired) electrons. The monoisotopic (exact) mass is 427 g/mol. The summed E-state index contributed by atoms with van der Waals surface area (Å²) in [5, 5.41) is 10.9. The van der Waals surface area contributed by atoms with Gasteiger partial charge in [-0.15, -0.1) is 0 Å². The molecule has 7 nitrogen and oxygen atoms in total. The van der Waals surface area contributed by atoms with E-state index in [1.807, 2.05) is 35.2 Å². The fourth-order valence-corrected chi connectivity index (χ4v) is 4.87. The molecule has 0 spiro atoms. The van der Waals surface area contributed by atoms with Crippen molar-refractivity contribution in [3.63, 3.8) is 0 Å². The number of anilines is 1. The second-order valence-corrected chi connectivity index (χ2v) is 8.03. The van der Waals surface area contributed by atoms with Crippen LogP contribution in [-0.4, -0.2) is 47.6 Å². The third kappa shape index (κ3) is 2.93. The summed E-state index contributed by atoms with van der Waals surface area (Å²) < 4.78 is 0. The van der Waals surface area contributed by atoms with Crippen LogP contribution in [0.15, 0.2) is 78.9 Å². The van der Waals surface area contributed by atoms with E-state index in [4.69, 9.17) is 0 Å². The van der Waals surface area contributed by atoms with Gasteiger partial charge >= 0.3 is 0 Å². The van der Waals surface area contributed by atoms with Gasteiger partial charge in [0, 0.05) is 55.1 Å². The predicted molar refractivity (Wildman–Crippen MR) is 120 cm³/mol. The molecule has 2 aliphatic rings. The van der Waals surface area contributed by atoms with E-state index in [0.29, 0.717) is 42.9 Å². The Morgan fingerprint density at radius 1 is 0.719 bits per heavy atom. The van der Waals surface area contributed by atoms with Crippen LogP contribution in [0.1, 0.15) is 26.3 Å². The molecule has 1 aliphatic heterocycles. The highest BCUT2D eigenvalue weighted by atomic mass is 16.6. The van der Waals surface area contributed by atoms with E-state index >= 15 is 0 Å². The summed E-state index contributed by atoms with van der Waals surface area (Å²) in [5.41, 5.74) is 1.21. The summed E-state index contributed by atoms with van der Waals surface area (Å²) in [7, 11) is 0. The quantitative estimate of drug-likeness (QED) is 0.359. The molecule has 0 atom stereocenters. The van der Waals surface area contributed by atoms with Crippen molar-refractivity contribution in [2.24, 2.45) is 0 Å². The Morgan fingerprint density at radius 2 is 1.25 bits per heavy atom. The summed E-state index contributed by atoms with van der Waals surface area (Å²) in [5.74, 6) is -0.346. The van der Waals surface area contributed by atoms with E-state index in [0.717, 1.165) is 5.69 Å². The molecule has 0 unspecified atom stereocenters. The van der Waals surface area contributed by atoms with Crippen molar-refractivity contribution in [2.75, 3.05) is 31.1 Å². The van der Waals surface area contributed by atoms with Crippen molar-refractivity contribution in [1.29, 1.82) is 0 Å². The number of nitro benzene ring substituents is 1. The number of carbonyl (C=O) groups excluding carboxylic acids is 2. The standard InChI is InChI=1S/C25H21N3O4/c29-23-21-8-4-5-9-22(21)24(30)25(23,18-6-2-1-3-7-18)27-16-14-26(15-17-27)19-10-12-20(13-11-19)28(31)32/h1-13H,14-17H2. The van der Waals surface area contributed by atoms with Crippen LogP contribution >= 0.6 is 0 Å². The minimum absolute atomic E-state index is 0.0512. The Balaban J connectivity index is 1.47. The molecule has 0 aromatic heterocycles. The van der Waals surface area contributed by atoms with Gasteiger partial charge in [-0.05, 0) is 17.7 Å². The molecule has 0 amide bonds. The van der Waals surface area contributed by atoms with Crippen LogP contribution in [0.25, 0.3) is 0 Å². The lowest BCUT2D eigenvalue weighted by Crippen LogP contribution is -2.60. The summed E-state index contributed by atoms with van der Waals surface area (Å²) in [6.07, 6.45) is 0. The highest BCUT2D eigenvalue weighted by Crippen LogP contribution is 2.43. The molecule has 1 aliphatic carbocycles. The number of rotatable bonds is 4. The van der Waals surface area contributed by atoms with Crippen LogP contribution in [-0.2, 0) is 5.54 Å². The normalized spacial score (nSPS) is 17.9. The summed E-state index contributed by atoms with van der Waals surface area (Å²) in [4.78, 5) is 42.1. The van der Waals surface area contributed by atoms with Gasteiger partial charge in [-0.3, -0.25) is 24.6 Å². The minimum Gasteiger partial charge on any atom is -0.369 e. The lowest BCUT2D eigenvalue weighted by Gasteiger charge is -2.44. The van der Waals surface area contributed by atoms with E-state index in [-0.39, 0.29) is 17.3 Å². The van der Waals surface area contributed by atoms with Gasteiger partial charge in [-0.25, -0.2) is 0 Å². The fraction of sp³-hybridized carbons (Fsp3) is 0.200. The van der Waals surface area contributed by atoms with Gasteiger partial charge < -0.3 is 4.90 Å². The Hall–Kier alpha value is -3.84.